The van der Waals surface area contributed by atoms with Gasteiger partial charge in [-0.3, -0.25) is 14.9 Å². The Hall–Kier alpha value is -3.94. The largest absolute Gasteiger partial charge is 0.450 e. The second-order valence-electron chi connectivity index (χ2n) is 6.44. The van der Waals surface area contributed by atoms with Crippen LogP contribution in [0.15, 0.2) is 71.1 Å². The van der Waals surface area contributed by atoms with Gasteiger partial charge in [-0.1, -0.05) is 30.3 Å². The Morgan fingerprint density at radius 1 is 1.03 bits per heavy atom. The van der Waals surface area contributed by atoms with Crippen molar-refractivity contribution in [3.8, 4) is 11.3 Å². The fourth-order valence-corrected chi connectivity index (χ4v) is 2.82. The fourth-order valence-electron chi connectivity index (χ4n) is 2.82. The highest BCUT2D eigenvalue weighted by atomic mass is 16.6. The van der Waals surface area contributed by atoms with Crippen LogP contribution in [0.4, 0.5) is 5.69 Å². The van der Waals surface area contributed by atoms with Crippen LogP contribution < -0.4 is 0 Å². The number of likely N-dealkylation sites (N-methyl/N-ethyl adjacent to an activating group) is 1. The molecular weight excluding hydrogens is 388 g/mol. The Morgan fingerprint density at radius 3 is 2.37 bits per heavy atom. The number of nitro benzene ring substituents is 1. The van der Waals surface area contributed by atoms with Crippen molar-refractivity contribution in [3.63, 3.8) is 0 Å². The number of ether oxygens (including phenoxy) is 1. The van der Waals surface area contributed by atoms with Gasteiger partial charge in [-0.2, -0.15) is 0 Å². The van der Waals surface area contributed by atoms with Gasteiger partial charge in [-0.15, -0.1) is 0 Å². The molecule has 0 N–H and O–H groups in total. The van der Waals surface area contributed by atoms with E-state index < -0.39 is 17.5 Å². The number of hydrogen-bond acceptors (Lipinski definition) is 6. The molecular formula is C22H20N2O6. The van der Waals surface area contributed by atoms with Crippen LogP contribution >= 0.6 is 0 Å². The van der Waals surface area contributed by atoms with Gasteiger partial charge in [-0.25, -0.2) is 4.79 Å². The molecule has 3 rings (SSSR count). The van der Waals surface area contributed by atoms with E-state index in [1.807, 2.05) is 37.3 Å². The van der Waals surface area contributed by atoms with Crippen molar-refractivity contribution < 1.29 is 23.7 Å². The molecule has 1 aromatic heterocycles. The summed E-state index contributed by atoms with van der Waals surface area (Å²) in [6.07, 6.45) is 0. The molecule has 0 aliphatic carbocycles. The quantitative estimate of drug-likeness (QED) is 0.316. The Balaban J connectivity index is 1.58. The number of carbonyl (C=O) groups excluding carboxylic acids is 2. The first-order valence-corrected chi connectivity index (χ1v) is 9.31. The first-order chi connectivity index (χ1) is 14.5. The first kappa shape index (κ1) is 20.8. The van der Waals surface area contributed by atoms with Crippen LogP contribution in [-0.2, 0) is 16.1 Å². The number of amides is 1. The van der Waals surface area contributed by atoms with E-state index in [0.29, 0.717) is 24.4 Å². The lowest BCUT2D eigenvalue weighted by Gasteiger charge is -2.20. The Morgan fingerprint density at radius 2 is 1.73 bits per heavy atom. The summed E-state index contributed by atoms with van der Waals surface area (Å²) < 4.78 is 10.6. The number of hydrogen-bond donors (Lipinski definition) is 0. The molecule has 0 atom stereocenters. The minimum atomic E-state index is -0.757. The highest BCUT2D eigenvalue weighted by Crippen LogP contribution is 2.24. The van der Waals surface area contributed by atoms with Crippen LogP contribution in [0.5, 0.6) is 0 Å². The van der Waals surface area contributed by atoms with Crippen molar-refractivity contribution >= 4 is 17.6 Å². The minimum absolute atomic E-state index is 0.0422. The van der Waals surface area contributed by atoms with E-state index in [1.165, 1.54) is 30.3 Å². The molecule has 1 heterocycles. The molecule has 30 heavy (non-hydrogen) atoms. The number of benzene rings is 2. The van der Waals surface area contributed by atoms with Gasteiger partial charge in [0.25, 0.3) is 11.6 Å². The van der Waals surface area contributed by atoms with Crippen molar-refractivity contribution in [2.75, 3.05) is 13.2 Å². The lowest BCUT2D eigenvalue weighted by Crippen LogP contribution is -2.34. The number of nitrogens with zero attached hydrogens (tertiary/aromatic N) is 2. The Labute approximate surface area is 172 Å². The maximum Gasteiger partial charge on any atom is 0.374 e. The lowest BCUT2D eigenvalue weighted by atomic mass is 10.1. The van der Waals surface area contributed by atoms with Crippen LogP contribution in [0.3, 0.4) is 0 Å². The van der Waals surface area contributed by atoms with Crippen molar-refractivity contribution in [1.29, 1.82) is 0 Å². The molecule has 0 saturated heterocycles. The maximum atomic E-state index is 12.4. The summed E-state index contributed by atoms with van der Waals surface area (Å²) in [6, 6.07) is 18.3. The van der Waals surface area contributed by atoms with Crippen molar-refractivity contribution in [1.82, 2.24) is 4.90 Å². The smallest absolute Gasteiger partial charge is 0.374 e. The second-order valence-corrected chi connectivity index (χ2v) is 6.44. The van der Waals surface area contributed by atoms with Gasteiger partial charge in [0.2, 0.25) is 5.76 Å². The van der Waals surface area contributed by atoms with Crippen molar-refractivity contribution in [2.45, 2.75) is 13.5 Å². The summed E-state index contributed by atoms with van der Waals surface area (Å²) in [5, 5.41) is 10.7. The van der Waals surface area contributed by atoms with Crippen LogP contribution in [0, 0.1) is 10.1 Å². The highest BCUT2D eigenvalue weighted by molar-refractivity contribution is 5.89. The molecule has 0 spiro atoms. The van der Waals surface area contributed by atoms with Gasteiger partial charge in [-0.05, 0) is 36.8 Å². The van der Waals surface area contributed by atoms with Gasteiger partial charge in [0.1, 0.15) is 5.76 Å². The zero-order chi connectivity index (χ0) is 21.5. The predicted molar refractivity (Wildman–Crippen MR) is 109 cm³/mol. The molecule has 0 aliphatic heterocycles. The molecule has 1 amide bonds. The normalized spacial score (nSPS) is 10.4. The van der Waals surface area contributed by atoms with Gasteiger partial charge in [0.05, 0.1) is 4.92 Å². The molecule has 0 aliphatic rings. The van der Waals surface area contributed by atoms with Crippen LogP contribution in [0.25, 0.3) is 11.3 Å². The maximum absolute atomic E-state index is 12.4. The van der Waals surface area contributed by atoms with Crippen molar-refractivity contribution in [3.05, 3.63) is 88.2 Å². The zero-order valence-electron chi connectivity index (χ0n) is 16.3. The molecule has 8 nitrogen and oxygen atoms in total. The number of esters is 1. The van der Waals surface area contributed by atoms with Crippen LogP contribution in [0.1, 0.15) is 23.0 Å². The van der Waals surface area contributed by atoms with Crippen LogP contribution in [0.2, 0.25) is 0 Å². The number of furan rings is 1. The van der Waals surface area contributed by atoms with E-state index in [9.17, 15) is 19.7 Å². The van der Waals surface area contributed by atoms with Crippen LogP contribution in [-0.4, -0.2) is 34.9 Å². The van der Waals surface area contributed by atoms with E-state index in [1.54, 1.807) is 11.0 Å². The monoisotopic (exact) mass is 408 g/mol. The average Bonchev–Trinajstić information content (AvgIpc) is 3.27. The highest BCUT2D eigenvalue weighted by Gasteiger charge is 2.18. The summed E-state index contributed by atoms with van der Waals surface area (Å²) >= 11 is 0. The summed E-state index contributed by atoms with van der Waals surface area (Å²) in [7, 11) is 0. The molecule has 154 valence electrons. The third-order valence-electron chi connectivity index (χ3n) is 4.45. The molecule has 0 bridgehead atoms. The molecule has 0 saturated carbocycles. The molecule has 8 heteroatoms. The van der Waals surface area contributed by atoms with Gasteiger partial charge < -0.3 is 14.1 Å². The standard InChI is InChI=1S/C22H20N2O6/c1-2-23(14-16-6-4-3-5-7-16)21(25)15-29-22(26)20-13-12-19(30-20)17-8-10-18(11-9-17)24(27)28/h3-13H,2,14-15H2,1H3. The topological polar surface area (TPSA) is 103 Å². The second kappa shape index (κ2) is 9.51. The third-order valence-corrected chi connectivity index (χ3v) is 4.45. The first-order valence-electron chi connectivity index (χ1n) is 9.31. The fraction of sp³-hybridized carbons (Fsp3) is 0.182. The third kappa shape index (κ3) is 5.11. The predicted octanol–water partition coefficient (Wildman–Crippen LogP) is 4.06. The summed E-state index contributed by atoms with van der Waals surface area (Å²) in [5.74, 6) is -0.756. The van der Waals surface area contributed by atoms with E-state index in [2.05, 4.69) is 0 Å². The minimum Gasteiger partial charge on any atom is -0.450 e. The number of non-ortho nitro benzene ring substituents is 1. The van der Waals surface area contributed by atoms with E-state index >= 15 is 0 Å². The summed E-state index contributed by atoms with van der Waals surface area (Å²) in [6.45, 7) is 2.37. The van der Waals surface area contributed by atoms with E-state index in [4.69, 9.17) is 9.15 Å². The molecule has 0 unspecified atom stereocenters. The van der Waals surface area contributed by atoms with E-state index in [-0.39, 0.29) is 17.4 Å². The zero-order valence-corrected chi connectivity index (χ0v) is 16.3. The van der Waals surface area contributed by atoms with E-state index in [0.717, 1.165) is 5.56 Å². The summed E-state index contributed by atoms with van der Waals surface area (Å²) in [5.41, 5.74) is 1.52. The number of carbonyl (C=O) groups is 2. The number of rotatable bonds is 8. The average molecular weight is 408 g/mol. The SMILES string of the molecule is CCN(Cc1ccccc1)C(=O)COC(=O)c1ccc(-c2ccc([N+](=O)[O-])cc2)o1. The Bertz CT molecular complexity index is 1030. The number of nitro groups is 1. The van der Waals surface area contributed by atoms with Gasteiger partial charge in [0.15, 0.2) is 6.61 Å². The molecule has 2 aromatic carbocycles. The van der Waals surface area contributed by atoms with Gasteiger partial charge >= 0.3 is 5.97 Å². The molecule has 0 fully saturated rings. The Kier molecular flexibility index (Phi) is 6.59. The van der Waals surface area contributed by atoms with Crippen molar-refractivity contribution in [2.24, 2.45) is 0 Å². The molecule has 0 radical (unpaired) electrons. The summed E-state index contributed by atoms with van der Waals surface area (Å²) in [4.78, 5) is 36.4. The molecule has 3 aromatic rings. The van der Waals surface area contributed by atoms with Gasteiger partial charge in [0, 0.05) is 30.8 Å². The lowest BCUT2D eigenvalue weighted by molar-refractivity contribution is -0.384.